The maximum Gasteiger partial charge on any atom is 0.122 e. The summed E-state index contributed by atoms with van der Waals surface area (Å²) in [7, 11) is 1.69. The number of halogens is 1. The third-order valence-corrected chi connectivity index (χ3v) is 4.99. The van der Waals surface area contributed by atoms with Crippen molar-refractivity contribution in [3.63, 3.8) is 0 Å². The second-order valence-electron chi connectivity index (χ2n) is 6.31. The summed E-state index contributed by atoms with van der Waals surface area (Å²) in [6, 6.07) is 7.18. The summed E-state index contributed by atoms with van der Waals surface area (Å²) in [6.45, 7) is 3.02. The van der Waals surface area contributed by atoms with E-state index in [4.69, 9.17) is 4.74 Å². The maximum absolute atomic E-state index is 11.0. The number of nitrogens with zero attached hydrogens (tertiary/aromatic N) is 1. The topological polar surface area (TPSA) is 32.7 Å². The first-order valence-corrected chi connectivity index (χ1v) is 8.10. The summed E-state index contributed by atoms with van der Waals surface area (Å²) in [5, 5.41) is 11.0. The van der Waals surface area contributed by atoms with Gasteiger partial charge in [-0.05, 0) is 49.9 Å². The third-order valence-electron chi connectivity index (χ3n) is 4.50. The monoisotopic (exact) mass is 339 g/mol. The molecule has 1 aromatic rings. The molecule has 2 atom stereocenters. The third kappa shape index (κ3) is 2.87. The van der Waals surface area contributed by atoms with Gasteiger partial charge in [0.15, 0.2) is 0 Å². The SMILES string of the molecule is COc1ccc(Br)cc1CC1(O)CC(C)N(C2CC2)C1. The summed E-state index contributed by atoms with van der Waals surface area (Å²) < 4.78 is 6.45. The normalized spacial score (nSPS) is 30.7. The van der Waals surface area contributed by atoms with Gasteiger partial charge in [-0.25, -0.2) is 0 Å². The number of hydrogen-bond donors (Lipinski definition) is 1. The van der Waals surface area contributed by atoms with Crippen molar-refractivity contribution >= 4 is 15.9 Å². The number of ether oxygens (including phenoxy) is 1. The first-order valence-electron chi connectivity index (χ1n) is 7.31. The molecule has 0 bridgehead atoms. The Morgan fingerprint density at radius 1 is 1.45 bits per heavy atom. The Kier molecular flexibility index (Phi) is 3.82. The molecule has 0 spiro atoms. The van der Waals surface area contributed by atoms with Gasteiger partial charge in [-0.2, -0.15) is 0 Å². The van der Waals surface area contributed by atoms with Crippen LogP contribution in [0.4, 0.5) is 0 Å². The number of aliphatic hydroxyl groups is 1. The Hall–Kier alpha value is -0.580. The van der Waals surface area contributed by atoms with E-state index in [1.807, 2.05) is 12.1 Å². The Bertz CT molecular complexity index is 503. The van der Waals surface area contributed by atoms with E-state index in [9.17, 15) is 5.11 Å². The maximum atomic E-state index is 11.0. The molecule has 1 saturated carbocycles. The molecule has 2 unspecified atom stereocenters. The minimum absolute atomic E-state index is 0.477. The zero-order chi connectivity index (χ0) is 14.3. The van der Waals surface area contributed by atoms with Crippen molar-refractivity contribution in [1.29, 1.82) is 0 Å². The first kappa shape index (κ1) is 14.4. The quantitative estimate of drug-likeness (QED) is 0.915. The fourth-order valence-electron chi connectivity index (χ4n) is 3.49. The Labute approximate surface area is 129 Å². The highest BCUT2D eigenvalue weighted by molar-refractivity contribution is 9.10. The Morgan fingerprint density at radius 2 is 2.20 bits per heavy atom. The summed E-state index contributed by atoms with van der Waals surface area (Å²) in [5.74, 6) is 0.860. The summed E-state index contributed by atoms with van der Waals surface area (Å²) in [6.07, 6.45) is 4.09. The number of β-amino-alcohol motifs (C(OH)–C–C–N with tert-alkyl or cyclic N) is 1. The van der Waals surface area contributed by atoms with Crippen LogP contribution < -0.4 is 4.74 Å². The van der Waals surface area contributed by atoms with Crippen LogP contribution in [0.2, 0.25) is 0 Å². The van der Waals surface area contributed by atoms with Gasteiger partial charge in [0.25, 0.3) is 0 Å². The zero-order valence-electron chi connectivity index (χ0n) is 12.1. The molecule has 110 valence electrons. The molecule has 3 rings (SSSR count). The fourth-order valence-corrected chi connectivity index (χ4v) is 3.90. The lowest BCUT2D eigenvalue weighted by Crippen LogP contribution is -2.36. The van der Waals surface area contributed by atoms with Gasteiger partial charge in [0, 0.05) is 29.5 Å². The minimum atomic E-state index is -0.629. The van der Waals surface area contributed by atoms with E-state index >= 15 is 0 Å². The molecule has 20 heavy (non-hydrogen) atoms. The molecule has 1 heterocycles. The average Bonchev–Trinajstić information content (AvgIpc) is 3.16. The van der Waals surface area contributed by atoms with Gasteiger partial charge < -0.3 is 9.84 Å². The molecule has 1 aromatic carbocycles. The van der Waals surface area contributed by atoms with E-state index in [0.717, 1.165) is 28.8 Å². The molecule has 0 radical (unpaired) electrons. The van der Waals surface area contributed by atoms with Crippen LogP contribution in [0, 0.1) is 0 Å². The van der Waals surface area contributed by atoms with Gasteiger partial charge in [0.2, 0.25) is 0 Å². The summed E-state index contributed by atoms with van der Waals surface area (Å²) >= 11 is 3.50. The van der Waals surface area contributed by atoms with Crippen molar-refractivity contribution in [3.8, 4) is 5.75 Å². The fraction of sp³-hybridized carbons (Fsp3) is 0.625. The van der Waals surface area contributed by atoms with E-state index in [2.05, 4.69) is 33.8 Å². The lowest BCUT2D eigenvalue weighted by molar-refractivity contribution is 0.0481. The van der Waals surface area contributed by atoms with E-state index in [-0.39, 0.29) is 0 Å². The second kappa shape index (κ2) is 5.32. The van der Waals surface area contributed by atoms with Gasteiger partial charge in [0.05, 0.1) is 12.7 Å². The molecule has 1 saturated heterocycles. The molecular weight excluding hydrogens is 318 g/mol. The molecule has 3 nitrogen and oxygen atoms in total. The first-order chi connectivity index (χ1) is 9.50. The standard InChI is InChI=1S/C16H22BrNO2/c1-11-8-16(19,10-18(11)14-4-5-14)9-12-7-13(17)3-6-15(12)20-2/h3,6-7,11,14,19H,4-5,8-10H2,1-2H3. The zero-order valence-corrected chi connectivity index (χ0v) is 13.7. The van der Waals surface area contributed by atoms with Crippen molar-refractivity contribution < 1.29 is 9.84 Å². The van der Waals surface area contributed by atoms with Gasteiger partial charge >= 0.3 is 0 Å². The Balaban J connectivity index is 1.78. The van der Waals surface area contributed by atoms with Crippen molar-refractivity contribution in [2.75, 3.05) is 13.7 Å². The van der Waals surface area contributed by atoms with E-state index in [1.54, 1.807) is 7.11 Å². The minimum Gasteiger partial charge on any atom is -0.496 e. The predicted molar refractivity (Wildman–Crippen MR) is 83.2 cm³/mol. The Morgan fingerprint density at radius 3 is 2.85 bits per heavy atom. The second-order valence-corrected chi connectivity index (χ2v) is 7.23. The largest absolute Gasteiger partial charge is 0.496 e. The summed E-state index contributed by atoms with van der Waals surface area (Å²) in [5.41, 5.74) is 0.449. The number of benzene rings is 1. The molecule has 4 heteroatoms. The van der Waals surface area contributed by atoms with Gasteiger partial charge in [-0.1, -0.05) is 15.9 Å². The number of hydrogen-bond acceptors (Lipinski definition) is 3. The van der Waals surface area contributed by atoms with Crippen LogP contribution in [0.5, 0.6) is 5.75 Å². The van der Waals surface area contributed by atoms with Crippen molar-refractivity contribution in [3.05, 3.63) is 28.2 Å². The average molecular weight is 340 g/mol. The van der Waals surface area contributed by atoms with Crippen molar-refractivity contribution in [2.24, 2.45) is 0 Å². The van der Waals surface area contributed by atoms with E-state index in [1.165, 1.54) is 12.8 Å². The number of rotatable bonds is 4. The van der Waals surface area contributed by atoms with Crippen LogP contribution >= 0.6 is 15.9 Å². The van der Waals surface area contributed by atoms with Gasteiger partial charge in [-0.3, -0.25) is 4.90 Å². The highest BCUT2D eigenvalue weighted by Crippen LogP contribution is 2.39. The lowest BCUT2D eigenvalue weighted by Gasteiger charge is -2.24. The molecule has 1 aliphatic carbocycles. The molecule has 0 amide bonds. The van der Waals surface area contributed by atoms with Crippen molar-refractivity contribution in [2.45, 2.75) is 50.3 Å². The molecular formula is C16H22BrNO2. The van der Waals surface area contributed by atoms with Crippen LogP contribution in [-0.4, -0.2) is 41.3 Å². The number of likely N-dealkylation sites (tertiary alicyclic amines) is 1. The highest BCUT2D eigenvalue weighted by atomic mass is 79.9. The van der Waals surface area contributed by atoms with Crippen LogP contribution in [0.15, 0.2) is 22.7 Å². The predicted octanol–water partition coefficient (Wildman–Crippen LogP) is 2.99. The number of methoxy groups -OCH3 is 1. The van der Waals surface area contributed by atoms with E-state index in [0.29, 0.717) is 18.5 Å². The summed E-state index contributed by atoms with van der Waals surface area (Å²) in [4.78, 5) is 2.48. The molecule has 1 N–H and O–H groups in total. The highest BCUT2D eigenvalue weighted by Gasteiger charge is 2.46. The lowest BCUT2D eigenvalue weighted by atomic mass is 9.92. The molecule has 0 aromatic heterocycles. The van der Waals surface area contributed by atoms with Gasteiger partial charge in [-0.15, -0.1) is 0 Å². The van der Waals surface area contributed by atoms with Crippen LogP contribution in [0.3, 0.4) is 0 Å². The van der Waals surface area contributed by atoms with Crippen LogP contribution in [-0.2, 0) is 6.42 Å². The van der Waals surface area contributed by atoms with Gasteiger partial charge in [0.1, 0.15) is 5.75 Å². The van der Waals surface area contributed by atoms with E-state index < -0.39 is 5.60 Å². The van der Waals surface area contributed by atoms with Crippen LogP contribution in [0.1, 0.15) is 31.7 Å². The van der Waals surface area contributed by atoms with Crippen LogP contribution in [0.25, 0.3) is 0 Å². The molecule has 2 aliphatic rings. The molecule has 1 aliphatic heterocycles. The smallest absolute Gasteiger partial charge is 0.122 e. The van der Waals surface area contributed by atoms with Crippen molar-refractivity contribution in [1.82, 2.24) is 4.90 Å². The molecule has 2 fully saturated rings.